The maximum Gasteiger partial charge on any atom is 0.120 e. The molecule has 2 atom stereocenters. The van der Waals surface area contributed by atoms with E-state index < -0.39 is 0 Å². The summed E-state index contributed by atoms with van der Waals surface area (Å²) in [7, 11) is 0. The van der Waals surface area contributed by atoms with Crippen molar-refractivity contribution in [2.24, 2.45) is 0 Å². The molecular formula is C13H18BrNO2. The molecule has 0 spiro atoms. The summed E-state index contributed by atoms with van der Waals surface area (Å²) in [5.41, 5.74) is 0.888. The smallest absolute Gasteiger partial charge is 0.120 e. The van der Waals surface area contributed by atoms with Gasteiger partial charge in [0.25, 0.3) is 0 Å². The first-order valence-corrected chi connectivity index (χ1v) is 6.83. The van der Waals surface area contributed by atoms with Crippen LogP contribution in [0.1, 0.15) is 31.2 Å². The van der Waals surface area contributed by atoms with Gasteiger partial charge in [-0.15, -0.1) is 0 Å². The van der Waals surface area contributed by atoms with E-state index in [1.54, 1.807) is 6.07 Å². The number of hydrogen-bond donors (Lipinski definition) is 3. The highest BCUT2D eigenvalue weighted by molar-refractivity contribution is 9.10. The zero-order valence-electron chi connectivity index (χ0n) is 9.69. The molecule has 0 saturated heterocycles. The highest BCUT2D eigenvalue weighted by Gasteiger charge is 2.19. The van der Waals surface area contributed by atoms with Crippen LogP contribution >= 0.6 is 15.9 Å². The molecule has 1 saturated carbocycles. The Morgan fingerprint density at radius 1 is 1.35 bits per heavy atom. The molecule has 0 heterocycles. The minimum atomic E-state index is -0.169. The van der Waals surface area contributed by atoms with Gasteiger partial charge in [0, 0.05) is 22.6 Å². The van der Waals surface area contributed by atoms with Crippen molar-refractivity contribution in [3.63, 3.8) is 0 Å². The van der Waals surface area contributed by atoms with Crippen LogP contribution in [0.15, 0.2) is 22.7 Å². The molecule has 4 heteroatoms. The number of phenolic OH excluding ortho intramolecular Hbond substituents is 1. The van der Waals surface area contributed by atoms with Gasteiger partial charge in [0.1, 0.15) is 5.75 Å². The van der Waals surface area contributed by atoms with Crippen molar-refractivity contribution in [1.29, 1.82) is 0 Å². The van der Waals surface area contributed by atoms with Crippen LogP contribution in [0, 0.1) is 0 Å². The number of rotatable bonds is 3. The normalized spacial score (nSPS) is 24.8. The predicted molar refractivity (Wildman–Crippen MR) is 70.9 cm³/mol. The lowest BCUT2D eigenvalue weighted by Crippen LogP contribution is -2.35. The highest BCUT2D eigenvalue weighted by atomic mass is 79.9. The second-order valence-corrected chi connectivity index (χ2v) is 5.59. The fraction of sp³-hybridized carbons (Fsp3) is 0.538. The van der Waals surface area contributed by atoms with Crippen molar-refractivity contribution in [2.75, 3.05) is 0 Å². The maximum atomic E-state index is 9.71. The number of benzene rings is 1. The Bertz CT molecular complexity index is 384. The van der Waals surface area contributed by atoms with Gasteiger partial charge in [-0.05, 0) is 43.9 Å². The molecule has 1 aliphatic carbocycles. The molecule has 0 aliphatic heterocycles. The fourth-order valence-corrected chi connectivity index (χ4v) is 2.71. The Balaban J connectivity index is 1.90. The summed E-state index contributed by atoms with van der Waals surface area (Å²) in [5, 5.41) is 22.7. The summed E-state index contributed by atoms with van der Waals surface area (Å²) in [6, 6.07) is 5.79. The van der Waals surface area contributed by atoms with Crippen LogP contribution in [0.2, 0.25) is 0 Å². The van der Waals surface area contributed by atoms with Gasteiger partial charge < -0.3 is 15.5 Å². The standard InChI is InChI=1S/C13H18BrNO2/c14-10-4-5-13(17)9(6-10)8-15-11-2-1-3-12(16)7-11/h4-6,11-12,15-17H,1-3,7-8H2/t11-,12+/m1/s1. The minimum Gasteiger partial charge on any atom is -0.508 e. The average molecular weight is 300 g/mol. The van der Waals surface area contributed by atoms with Gasteiger partial charge in [-0.25, -0.2) is 0 Å². The van der Waals surface area contributed by atoms with E-state index in [0.717, 1.165) is 35.7 Å². The quantitative estimate of drug-likeness (QED) is 0.804. The van der Waals surface area contributed by atoms with E-state index in [2.05, 4.69) is 21.2 Å². The van der Waals surface area contributed by atoms with Crippen LogP contribution in [-0.2, 0) is 6.54 Å². The van der Waals surface area contributed by atoms with Crippen LogP contribution < -0.4 is 5.32 Å². The van der Waals surface area contributed by atoms with Crippen molar-refractivity contribution in [1.82, 2.24) is 5.32 Å². The Hall–Kier alpha value is -0.580. The summed E-state index contributed by atoms with van der Waals surface area (Å²) >= 11 is 3.39. The highest BCUT2D eigenvalue weighted by Crippen LogP contribution is 2.23. The number of aliphatic hydroxyl groups excluding tert-OH is 1. The second kappa shape index (κ2) is 5.85. The largest absolute Gasteiger partial charge is 0.508 e. The Labute approximate surface area is 110 Å². The van der Waals surface area contributed by atoms with E-state index in [9.17, 15) is 10.2 Å². The molecule has 3 N–H and O–H groups in total. The van der Waals surface area contributed by atoms with E-state index in [-0.39, 0.29) is 6.10 Å². The molecule has 0 radical (unpaired) electrons. The number of nitrogens with one attached hydrogen (secondary N) is 1. The third-order valence-electron chi connectivity index (χ3n) is 3.27. The lowest BCUT2D eigenvalue weighted by atomic mass is 9.93. The average Bonchev–Trinajstić information content (AvgIpc) is 2.30. The molecule has 3 nitrogen and oxygen atoms in total. The number of hydrogen-bond acceptors (Lipinski definition) is 3. The molecule has 17 heavy (non-hydrogen) atoms. The van der Waals surface area contributed by atoms with Crippen molar-refractivity contribution in [3.05, 3.63) is 28.2 Å². The predicted octanol–water partition coefficient (Wildman–Crippen LogP) is 2.55. The van der Waals surface area contributed by atoms with E-state index in [1.807, 2.05) is 12.1 Å². The molecule has 0 amide bonds. The van der Waals surface area contributed by atoms with Crippen molar-refractivity contribution in [2.45, 2.75) is 44.4 Å². The van der Waals surface area contributed by atoms with Gasteiger partial charge in [0.05, 0.1) is 6.10 Å². The molecule has 1 fully saturated rings. The first-order valence-electron chi connectivity index (χ1n) is 6.04. The number of phenols is 1. The van der Waals surface area contributed by atoms with E-state index in [0.29, 0.717) is 18.3 Å². The molecular weight excluding hydrogens is 282 g/mol. The molecule has 0 aromatic heterocycles. The van der Waals surface area contributed by atoms with Crippen molar-refractivity contribution >= 4 is 15.9 Å². The third-order valence-corrected chi connectivity index (χ3v) is 3.76. The van der Waals surface area contributed by atoms with Crippen molar-refractivity contribution in [3.8, 4) is 5.75 Å². The van der Waals surface area contributed by atoms with Gasteiger partial charge in [0.15, 0.2) is 0 Å². The molecule has 1 aliphatic rings. The monoisotopic (exact) mass is 299 g/mol. The lowest BCUT2D eigenvalue weighted by molar-refractivity contribution is 0.111. The summed E-state index contributed by atoms with van der Waals surface area (Å²) in [6.07, 6.45) is 3.74. The number of aliphatic hydroxyl groups is 1. The minimum absolute atomic E-state index is 0.169. The Kier molecular flexibility index (Phi) is 4.42. The van der Waals surface area contributed by atoms with Crippen LogP contribution in [0.4, 0.5) is 0 Å². The van der Waals surface area contributed by atoms with Crippen LogP contribution in [0.5, 0.6) is 5.75 Å². The van der Waals surface area contributed by atoms with Crippen LogP contribution in [-0.4, -0.2) is 22.4 Å². The molecule has 0 bridgehead atoms. The summed E-state index contributed by atoms with van der Waals surface area (Å²) in [5.74, 6) is 0.317. The Morgan fingerprint density at radius 2 is 2.18 bits per heavy atom. The molecule has 1 aromatic rings. The maximum absolute atomic E-state index is 9.71. The first-order chi connectivity index (χ1) is 8.15. The summed E-state index contributed by atoms with van der Waals surface area (Å²) in [4.78, 5) is 0. The zero-order chi connectivity index (χ0) is 12.3. The van der Waals surface area contributed by atoms with Gasteiger partial charge in [0.2, 0.25) is 0 Å². The topological polar surface area (TPSA) is 52.5 Å². The van der Waals surface area contributed by atoms with Gasteiger partial charge in [-0.2, -0.15) is 0 Å². The Morgan fingerprint density at radius 3 is 2.94 bits per heavy atom. The van der Waals surface area contributed by atoms with Crippen LogP contribution in [0.3, 0.4) is 0 Å². The molecule has 0 unspecified atom stereocenters. The van der Waals surface area contributed by atoms with Crippen molar-refractivity contribution < 1.29 is 10.2 Å². The van der Waals surface area contributed by atoms with E-state index in [4.69, 9.17) is 0 Å². The van der Waals surface area contributed by atoms with Crippen LogP contribution in [0.25, 0.3) is 0 Å². The van der Waals surface area contributed by atoms with Gasteiger partial charge in [-0.1, -0.05) is 15.9 Å². The molecule has 2 rings (SSSR count). The lowest BCUT2D eigenvalue weighted by Gasteiger charge is -2.26. The second-order valence-electron chi connectivity index (χ2n) is 4.67. The third kappa shape index (κ3) is 3.69. The fourth-order valence-electron chi connectivity index (χ4n) is 2.30. The summed E-state index contributed by atoms with van der Waals surface area (Å²) < 4.78 is 0.968. The van der Waals surface area contributed by atoms with Gasteiger partial charge in [-0.3, -0.25) is 0 Å². The molecule has 1 aromatic carbocycles. The molecule has 94 valence electrons. The van der Waals surface area contributed by atoms with E-state index in [1.165, 1.54) is 0 Å². The summed E-state index contributed by atoms with van der Waals surface area (Å²) in [6.45, 7) is 0.642. The first kappa shape index (κ1) is 12.9. The SMILES string of the molecule is Oc1ccc(Br)cc1CN[C@@H]1CCC[C@H](O)C1. The van der Waals surface area contributed by atoms with Gasteiger partial charge >= 0.3 is 0 Å². The van der Waals surface area contributed by atoms with E-state index >= 15 is 0 Å². The number of halogens is 1. The zero-order valence-corrected chi connectivity index (χ0v) is 11.3. The number of aromatic hydroxyl groups is 1.